The highest BCUT2D eigenvalue weighted by atomic mass is 79.9. The van der Waals surface area contributed by atoms with Gasteiger partial charge in [-0.15, -0.1) is 0 Å². The maximum Gasteiger partial charge on any atom is 0.0502 e. The molecule has 0 aliphatic heterocycles. The molecule has 1 atom stereocenters. The normalized spacial score (nSPS) is 19.3. The molecule has 1 aromatic carbocycles. The van der Waals surface area contributed by atoms with Gasteiger partial charge >= 0.3 is 0 Å². The fourth-order valence-electron chi connectivity index (χ4n) is 2.62. The quantitative estimate of drug-likeness (QED) is 0.886. The van der Waals surface area contributed by atoms with Gasteiger partial charge in [0.25, 0.3) is 0 Å². The summed E-state index contributed by atoms with van der Waals surface area (Å²) in [5.74, 6) is 1.02. The predicted octanol–water partition coefficient (Wildman–Crippen LogP) is 3.72. The van der Waals surface area contributed by atoms with Gasteiger partial charge in [-0.2, -0.15) is 0 Å². The molecule has 1 aliphatic rings. The van der Waals surface area contributed by atoms with Crippen molar-refractivity contribution >= 4 is 15.9 Å². The van der Waals surface area contributed by atoms with E-state index in [9.17, 15) is 5.11 Å². The lowest BCUT2D eigenvalue weighted by atomic mass is 9.85. The third kappa shape index (κ3) is 2.61. The monoisotopic (exact) mass is 268 g/mol. The first-order chi connectivity index (χ1) is 7.31. The molecule has 1 saturated carbocycles. The Bertz CT molecular complexity index is 318. The van der Waals surface area contributed by atoms with E-state index in [1.54, 1.807) is 0 Å². The summed E-state index contributed by atoms with van der Waals surface area (Å²) in [5.41, 5.74) is 1.28. The van der Waals surface area contributed by atoms with Crippen molar-refractivity contribution in [3.63, 3.8) is 0 Å². The van der Waals surface area contributed by atoms with Crippen molar-refractivity contribution in [2.75, 3.05) is 6.61 Å². The van der Waals surface area contributed by atoms with Crippen molar-refractivity contribution in [1.82, 2.24) is 0 Å². The van der Waals surface area contributed by atoms with Crippen LogP contribution in [0.2, 0.25) is 0 Å². The number of aliphatic hydroxyl groups excluding tert-OH is 1. The van der Waals surface area contributed by atoms with Crippen molar-refractivity contribution in [2.45, 2.75) is 31.6 Å². The summed E-state index contributed by atoms with van der Waals surface area (Å²) in [4.78, 5) is 0. The van der Waals surface area contributed by atoms with Crippen LogP contribution < -0.4 is 0 Å². The third-order valence-corrected chi connectivity index (χ3v) is 3.94. The molecule has 0 bridgehead atoms. The SMILES string of the molecule is OCC(c1cccc(Br)c1)C1CCCC1. The van der Waals surface area contributed by atoms with Gasteiger partial charge in [-0.3, -0.25) is 0 Å². The molecule has 0 saturated heterocycles. The number of hydrogen-bond acceptors (Lipinski definition) is 1. The van der Waals surface area contributed by atoms with E-state index >= 15 is 0 Å². The van der Waals surface area contributed by atoms with Gasteiger partial charge in [0.05, 0.1) is 6.61 Å². The van der Waals surface area contributed by atoms with E-state index < -0.39 is 0 Å². The van der Waals surface area contributed by atoms with Crippen LogP contribution in [-0.2, 0) is 0 Å². The van der Waals surface area contributed by atoms with E-state index in [0.29, 0.717) is 11.8 Å². The van der Waals surface area contributed by atoms with E-state index in [-0.39, 0.29) is 6.61 Å². The molecular formula is C13H17BrO. The first-order valence-corrected chi connectivity index (χ1v) is 6.47. The van der Waals surface area contributed by atoms with E-state index in [4.69, 9.17) is 0 Å². The van der Waals surface area contributed by atoms with Crippen molar-refractivity contribution in [1.29, 1.82) is 0 Å². The van der Waals surface area contributed by atoms with Crippen LogP contribution in [0.3, 0.4) is 0 Å². The second-order valence-corrected chi connectivity index (χ2v) is 5.30. The summed E-state index contributed by atoms with van der Waals surface area (Å²) >= 11 is 3.49. The topological polar surface area (TPSA) is 20.2 Å². The summed E-state index contributed by atoms with van der Waals surface area (Å²) in [6.45, 7) is 0.279. The third-order valence-electron chi connectivity index (χ3n) is 3.44. The predicted molar refractivity (Wildman–Crippen MR) is 65.9 cm³/mol. The smallest absolute Gasteiger partial charge is 0.0502 e. The molecule has 0 aromatic heterocycles. The van der Waals surface area contributed by atoms with Crippen LogP contribution in [-0.4, -0.2) is 11.7 Å². The average molecular weight is 269 g/mol. The standard InChI is InChI=1S/C13H17BrO/c14-12-7-3-6-11(8-12)13(9-15)10-4-1-2-5-10/h3,6-8,10,13,15H,1-2,4-5,9H2. The molecule has 0 heterocycles. The largest absolute Gasteiger partial charge is 0.396 e. The zero-order valence-electron chi connectivity index (χ0n) is 8.82. The Kier molecular flexibility index (Phi) is 3.81. The van der Waals surface area contributed by atoms with Crippen LogP contribution in [0.25, 0.3) is 0 Å². The van der Waals surface area contributed by atoms with Gasteiger partial charge in [-0.05, 0) is 36.5 Å². The second-order valence-electron chi connectivity index (χ2n) is 4.39. The number of benzene rings is 1. The lowest BCUT2D eigenvalue weighted by Gasteiger charge is -2.21. The van der Waals surface area contributed by atoms with Crippen molar-refractivity contribution in [3.05, 3.63) is 34.3 Å². The van der Waals surface area contributed by atoms with Crippen molar-refractivity contribution < 1.29 is 5.11 Å². The molecule has 0 spiro atoms. The van der Waals surface area contributed by atoms with Crippen LogP contribution in [0, 0.1) is 5.92 Å². The molecular weight excluding hydrogens is 252 g/mol. The van der Waals surface area contributed by atoms with Gasteiger partial charge in [0.2, 0.25) is 0 Å². The van der Waals surface area contributed by atoms with Crippen molar-refractivity contribution in [2.24, 2.45) is 5.92 Å². The highest BCUT2D eigenvalue weighted by Crippen LogP contribution is 2.37. The molecule has 1 unspecified atom stereocenters. The maximum atomic E-state index is 9.52. The van der Waals surface area contributed by atoms with Gasteiger partial charge < -0.3 is 5.11 Å². The minimum atomic E-state index is 0.279. The molecule has 82 valence electrons. The number of rotatable bonds is 3. The lowest BCUT2D eigenvalue weighted by molar-refractivity contribution is 0.226. The Balaban J connectivity index is 2.18. The Morgan fingerprint density at radius 2 is 2.07 bits per heavy atom. The fourth-order valence-corrected chi connectivity index (χ4v) is 3.04. The van der Waals surface area contributed by atoms with E-state index in [0.717, 1.165) is 4.47 Å². The van der Waals surface area contributed by atoms with Gasteiger partial charge in [0, 0.05) is 10.4 Å². The van der Waals surface area contributed by atoms with Gasteiger partial charge in [-0.1, -0.05) is 40.9 Å². The molecule has 1 N–H and O–H groups in total. The number of hydrogen-bond donors (Lipinski definition) is 1. The summed E-state index contributed by atoms with van der Waals surface area (Å²) in [6.07, 6.45) is 5.21. The Morgan fingerprint density at radius 3 is 2.67 bits per heavy atom. The van der Waals surface area contributed by atoms with Gasteiger partial charge in [-0.25, -0.2) is 0 Å². The van der Waals surface area contributed by atoms with Gasteiger partial charge in [0.1, 0.15) is 0 Å². The molecule has 2 heteroatoms. The lowest BCUT2D eigenvalue weighted by Crippen LogP contribution is -2.13. The zero-order valence-corrected chi connectivity index (χ0v) is 10.4. The van der Waals surface area contributed by atoms with Crippen LogP contribution >= 0.6 is 15.9 Å². The molecule has 1 aromatic rings. The van der Waals surface area contributed by atoms with Crippen LogP contribution in [0.5, 0.6) is 0 Å². The molecule has 0 radical (unpaired) electrons. The first kappa shape index (κ1) is 11.2. The molecule has 1 fully saturated rings. The summed E-state index contributed by atoms with van der Waals surface area (Å²) in [7, 11) is 0. The summed E-state index contributed by atoms with van der Waals surface area (Å²) in [6, 6.07) is 8.35. The van der Waals surface area contributed by atoms with E-state index in [2.05, 4.69) is 34.1 Å². The Labute approximate surface area is 99.6 Å². The highest BCUT2D eigenvalue weighted by Gasteiger charge is 2.25. The van der Waals surface area contributed by atoms with Crippen molar-refractivity contribution in [3.8, 4) is 0 Å². The average Bonchev–Trinajstić information content (AvgIpc) is 2.72. The highest BCUT2D eigenvalue weighted by molar-refractivity contribution is 9.10. The Hall–Kier alpha value is -0.340. The van der Waals surface area contributed by atoms with Crippen LogP contribution in [0.15, 0.2) is 28.7 Å². The first-order valence-electron chi connectivity index (χ1n) is 5.67. The summed E-state index contributed by atoms with van der Waals surface area (Å²) < 4.78 is 1.11. The number of aliphatic hydroxyl groups is 1. The number of halogens is 1. The molecule has 15 heavy (non-hydrogen) atoms. The Morgan fingerprint density at radius 1 is 1.33 bits per heavy atom. The minimum absolute atomic E-state index is 0.279. The molecule has 1 nitrogen and oxygen atoms in total. The van der Waals surface area contributed by atoms with Gasteiger partial charge in [0.15, 0.2) is 0 Å². The molecule has 0 amide bonds. The molecule has 1 aliphatic carbocycles. The molecule has 2 rings (SSSR count). The minimum Gasteiger partial charge on any atom is -0.396 e. The van der Waals surface area contributed by atoms with Crippen LogP contribution in [0.1, 0.15) is 37.2 Å². The maximum absolute atomic E-state index is 9.52. The van der Waals surface area contributed by atoms with Crippen LogP contribution in [0.4, 0.5) is 0 Å². The van der Waals surface area contributed by atoms with E-state index in [1.165, 1.54) is 31.2 Å². The van der Waals surface area contributed by atoms with E-state index in [1.807, 2.05) is 6.07 Å². The zero-order chi connectivity index (χ0) is 10.7. The summed E-state index contributed by atoms with van der Waals surface area (Å²) in [5, 5.41) is 9.52. The fraction of sp³-hybridized carbons (Fsp3) is 0.538. The second kappa shape index (κ2) is 5.13.